The van der Waals surface area contributed by atoms with Crippen LogP contribution in [0.15, 0.2) is 24.3 Å². The molecule has 1 amide bonds. The topological polar surface area (TPSA) is 54.5 Å². The maximum absolute atomic E-state index is 12.2. The normalized spacial score (nSPS) is 17.5. The molecule has 0 spiro atoms. The summed E-state index contributed by atoms with van der Waals surface area (Å²) in [6.07, 6.45) is 2.28. The van der Waals surface area contributed by atoms with Crippen LogP contribution in [-0.2, 0) is 9.84 Å². The number of likely N-dealkylation sites (tertiary alicyclic amines) is 1. The molecule has 0 aromatic heterocycles. The zero-order valence-electron chi connectivity index (χ0n) is 10.7. The summed E-state index contributed by atoms with van der Waals surface area (Å²) in [6.45, 7) is 0.971. The molecule has 1 aromatic rings. The number of hydrogen-bond donors (Lipinski definition) is 0. The van der Waals surface area contributed by atoms with E-state index in [1.54, 1.807) is 29.2 Å². The van der Waals surface area contributed by atoms with Gasteiger partial charge in [-0.2, -0.15) is 0 Å². The lowest BCUT2D eigenvalue weighted by Gasteiger charge is -2.31. The van der Waals surface area contributed by atoms with Gasteiger partial charge in [0.2, 0.25) is 0 Å². The Bertz CT molecular complexity index is 560. The molecule has 1 aromatic carbocycles. The summed E-state index contributed by atoms with van der Waals surface area (Å²) >= 11 is 5.78. The van der Waals surface area contributed by atoms with Gasteiger partial charge in [0.25, 0.3) is 5.91 Å². The van der Waals surface area contributed by atoms with Crippen molar-refractivity contribution in [2.45, 2.75) is 18.1 Å². The minimum Gasteiger partial charge on any atom is -0.339 e. The predicted octanol–water partition coefficient (Wildman–Crippen LogP) is 1.99. The second kappa shape index (κ2) is 5.51. The first kappa shape index (κ1) is 14.3. The van der Waals surface area contributed by atoms with Crippen molar-refractivity contribution in [3.05, 3.63) is 34.9 Å². The van der Waals surface area contributed by atoms with Crippen molar-refractivity contribution in [3.8, 4) is 0 Å². The smallest absolute Gasteiger partial charge is 0.253 e. The van der Waals surface area contributed by atoms with Crippen LogP contribution in [0.4, 0.5) is 0 Å². The highest BCUT2D eigenvalue weighted by Crippen LogP contribution is 2.19. The second-order valence-electron chi connectivity index (χ2n) is 4.83. The Morgan fingerprint density at radius 2 is 1.74 bits per heavy atom. The summed E-state index contributed by atoms with van der Waals surface area (Å²) < 4.78 is 22.9. The first-order valence-electron chi connectivity index (χ1n) is 6.11. The second-order valence-corrected chi connectivity index (χ2v) is 7.59. The average Bonchev–Trinajstić information content (AvgIpc) is 2.38. The van der Waals surface area contributed by atoms with Crippen LogP contribution in [-0.4, -0.2) is 43.8 Å². The average molecular weight is 302 g/mol. The molecule has 0 bridgehead atoms. The highest BCUT2D eigenvalue weighted by Gasteiger charge is 2.28. The Kier molecular flexibility index (Phi) is 4.16. The summed E-state index contributed by atoms with van der Waals surface area (Å²) in [7, 11) is -3.00. The first-order chi connectivity index (χ1) is 8.88. The number of carbonyl (C=O) groups excluding carboxylic acids is 1. The fourth-order valence-corrected chi connectivity index (χ4v) is 3.46. The summed E-state index contributed by atoms with van der Waals surface area (Å²) in [5.41, 5.74) is 0.585. The van der Waals surface area contributed by atoms with Crippen molar-refractivity contribution in [3.63, 3.8) is 0 Å². The monoisotopic (exact) mass is 301 g/mol. The van der Waals surface area contributed by atoms with Crippen LogP contribution in [0.3, 0.4) is 0 Å². The fraction of sp³-hybridized carbons (Fsp3) is 0.462. The van der Waals surface area contributed by atoms with E-state index in [0.717, 1.165) is 0 Å². The lowest BCUT2D eigenvalue weighted by atomic mass is 10.1. The maximum atomic E-state index is 12.2. The van der Waals surface area contributed by atoms with Gasteiger partial charge in [0, 0.05) is 29.9 Å². The Morgan fingerprint density at radius 3 is 2.21 bits per heavy atom. The first-order valence-corrected chi connectivity index (χ1v) is 8.45. The molecule has 6 heteroatoms. The quantitative estimate of drug-likeness (QED) is 0.839. The van der Waals surface area contributed by atoms with Crippen molar-refractivity contribution in [2.24, 2.45) is 0 Å². The molecule has 4 nitrogen and oxygen atoms in total. The van der Waals surface area contributed by atoms with Crippen molar-refractivity contribution >= 4 is 27.3 Å². The molecule has 1 aliphatic rings. The highest BCUT2D eigenvalue weighted by atomic mass is 35.5. The van der Waals surface area contributed by atoms with E-state index in [1.807, 2.05) is 0 Å². The number of rotatable bonds is 2. The Hall–Kier alpha value is -1.07. The van der Waals surface area contributed by atoms with Gasteiger partial charge in [0.15, 0.2) is 0 Å². The van der Waals surface area contributed by atoms with E-state index < -0.39 is 9.84 Å². The minimum absolute atomic E-state index is 0.0661. The summed E-state index contributed by atoms with van der Waals surface area (Å²) in [4.78, 5) is 13.9. The van der Waals surface area contributed by atoms with E-state index in [1.165, 1.54) is 6.26 Å². The molecule has 1 fully saturated rings. The molecule has 0 N–H and O–H groups in total. The third kappa shape index (κ3) is 3.48. The predicted molar refractivity (Wildman–Crippen MR) is 75.2 cm³/mol. The van der Waals surface area contributed by atoms with E-state index in [4.69, 9.17) is 11.6 Å². The number of benzene rings is 1. The highest BCUT2D eigenvalue weighted by molar-refractivity contribution is 7.91. The van der Waals surface area contributed by atoms with Crippen molar-refractivity contribution in [1.82, 2.24) is 4.90 Å². The van der Waals surface area contributed by atoms with Crippen molar-refractivity contribution < 1.29 is 13.2 Å². The zero-order chi connectivity index (χ0) is 14.0. The molecule has 1 aliphatic heterocycles. The molecule has 1 heterocycles. The SMILES string of the molecule is CS(=O)(=O)C1CCN(C(=O)c2ccc(Cl)cc2)CC1. The van der Waals surface area contributed by atoms with Crippen LogP contribution in [0.5, 0.6) is 0 Å². The number of amides is 1. The van der Waals surface area contributed by atoms with Gasteiger partial charge in [-0.25, -0.2) is 8.42 Å². The molecular weight excluding hydrogens is 286 g/mol. The summed E-state index contributed by atoms with van der Waals surface area (Å²) in [6, 6.07) is 6.73. The van der Waals surface area contributed by atoms with Gasteiger partial charge in [-0.1, -0.05) is 11.6 Å². The lowest BCUT2D eigenvalue weighted by Crippen LogP contribution is -2.42. The number of hydrogen-bond acceptors (Lipinski definition) is 3. The Balaban J connectivity index is 2.02. The molecule has 2 rings (SSSR count). The number of halogens is 1. The van der Waals surface area contributed by atoms with Gasteiger partial charge < -0.3 is 4.90 Å². The van der Waals surface area contributed by atoms with Crippen LogP contribution in [0, 0.1) is 0 Å². The zero-order valence-corrected chi connectivity index (χ0v) is 12.2. The molecule has 0 atom stereocenters. The van der Waals surface area contributed by atoms with Crippen LogP contribution >= 0.6 is 11.6 Å². The van der Waals surface area contributed by atoms with Gasteiger partial charge in [-0.05, 0) is 37.1 Å². The Morgan fingerprint density at radius 1 is 1.21 bits per heavy atom. The summed E-state index contributed by atoms with van der Waals surface area (Å²) in [5.74, 6) is -0.0661. The van der Waals surface area contributed by atoms with E-state index in [2.05, 4.69) is 0 Å². The van der Waals surface area contributed by atoms with E-state index in [-0.39, 0.29) is 11.2 Å². The molecule has 0 saturated carbocycles. The largest absolute Gasteiger partial charge is 0.339 e. The van der Waals surface area contributed by atoms with Gasteiger partial charge in [0.1, 0.15) is 9.84 Å². The number of nitrogens with zero attached hydrogens (tertiary/aromatic N) is 1. The third-order valence-electron chi connectivity index (χ3n) is 3.43. The van der Waals surface area contributed by atoms with Gasteiger partial charge >= 0.3 is 0 Å². The third-order valence-corrected chi connectivity index (χ3v) is 5.36. The van der Waals surface area contributed by atoms with Crippen molar-refractivity contribution in [2.75, 3.05) is 19.3 Å². The van der Waals surface area contributed by atoms with Crippen LogP contribution < -0.4 is 0 Å². The Labute approximate surface area is 118 Å². The number of piperidine rings is 1. The fourth-order valence-electron chi connectivity index (χ4n) is 2.26. The van der Waals surface area contributed by atoms with Gasteiger partial charge in [-0.15, -0.1) is 0 Å². The molecule has 1 saturated heterocycles. The summed E-state index contributed by atoms with van der Waals surface area (Å²) in [5, 5.41) is 0.272. The van der Waals surface area contributed by atoms with Crippen molar-refractivity contribution in [1.29, 1.82) is 0 Å². The molecule has 19 heavy (non-hydrogen) atoms. The molecule has 0 unspecified atom stereocenters. The van der Waals surface area contributed by atoms with Crippen LogP contribution in [0.1, 0.15) is 23.2 Å². The maximum Gasteiger partial charge on any atom is 0.253 e. The van der Waals surface area contributed by atoms with E-state index >= 15 is 0 Å². The lowest BCUT2D eigenvalue weighted by molar-refractivity contribution is 0.0726. The van der Waals surface area contributed by atoms with Crippen LogP contribution in [0.2, 0.25) is 5.02 Å². The molecule has 0 aliphatic carbocycles. The molecule has 104 valence electrons. The van der Waals surface area contributed by atoms with Gasteiger partial charge in [0.05, 0.1) is 5.25 Å². The van der Waals surface area contributed by atoms with Gasteiger partial charge in [-0.3, -0.25) is 4.79 Å². The van der Waals surface area contributed by atoms with E-state index in [0.29, 0.717) is 36.5 Å². The number of sulfone groups is 1. The van der Waals surface area contributed by atoms with E-state index in [9.17, 15) is 13.2 Å². The number of carbonyl (C=O) groups is 1. The standard InChI is InChI=1S/C13H16ClNO3S/c1-19(17,18)12-6-8-15(9-7-12)13(16)10-2-4-11(14)5-3-10/h2-5,12H,6-9H2,1H3. The molecular formula is C13H16ClNO3S. The molecule has 0 radical (unpaired) electrons. The van der Waals surface area contributed by atoms with Crippen LogP contribution in [0.25, 0.3) is 0 Å². The minimum atomic E-state index is -3.00.